The molecule has 0 bridgehead atoms. The molecule has 6 heteroatoms. The zero-order valence-electron chi connectivity index (χ0n) is 11.4. The van der Waals surface area contributed by atoms with Crippen molar-refractivity contribution in [1.29, 1.82) is 0 Å². The number of aliphatic carboxylic acids is 1. The van der Waals surface area contributed by atoms with Crippen LogP contribution in [-0.2, 0) is 9.53 Å². The summed E-state index contributed by atoms with van der Waals surface area (Å²) in [5.41, 5.74) is 0.375. The molecule has 1 atom stereocenters. The van der Waals surface area contributed by atoms with Crippen LogP contribution >= 0.6 is 0 Å². The first kappa shape index (κ1) is 14.3. The van der Waals surface area contributed by atoms with Gasteiger partial charge in [-0.3, -0.25) is 0 Å². The van der Waals surface area contributed by atoms with Gasteiger partial charge in [-0.1, -0.05) is 0 Å². The average Bonchev–Trinajstić information content (AvgIpc) is 2.47. The average molecular weight is 278 g/mol. The minimum absolute atomic E-state index is 0.313. The van der Waals surface area contributed by atoms with Gasteiger partial charge in [0.2, 0.25) is 0 Å². The van der Waals surface area contributed by atoms with Gasteiger partial charge in [-0.05, 0) is 38.3 Å². The molecule has 0 aromatic carbocycles. The molecule has 0 saturated carbocycles. The number of nitrogens with zero attached hydrogens (tertiary/aromatic N) is 2. The summed E-state index contributed by atoms with van der Waals surface area (Å²) in [6.45, 7) is 2.72. The number of hydrogen-bond donors (Lipinski definition) is 1. The van der Waals surface area contributed by atoms with Gasteiger partial charge >= 0.3 is 11.9 Å². The van der Waals surface area contributed by atoms with E-state index in [1.807, 2.05) is 0 Å². The molecule has 1 N–H and O–H groups in total. The molecule has 2 rings (SSSR count). The second kappa shape index (κ2) is 6.36. The molecule has 108 valence electrons. The normalized spacial score (nSPS) is 18.6. The van der Waals surface area contributed by atoms with Crippen molar-refractivity contribution < 1.29 is 19.4 Å². The Morgan fingerprint density at radius 2 is 2.25 bits per heavy atom. The van der Waals surface area contributed by atoms with Gasteiger partial charge in [0.05, 0.1) is 12.2 Å². The summed E-state index contributed by atoms with van der Waals surface area (Å²) in [5, 5.41) is 9.24. The topological polar surface area (TPSA) is 79.7 Å². The lowest BCUT2D eigenvalue weighted by Gasteiger charge is -2.33. The fourth-order valence-corrected chi connectivity index (χ4v) is 2.35. The molecule has 20 heavy (non-hydrogen) atoms. The SMILES string of the molecule is CCOC(=O)c1ccc(N2CCCCC2C(=O)O)nc1. The third-order valence-electron chi connectivity index (χ3n) is 3.34. The number of hydrogen-bond acceptors (Lipinski definition) is 5. The van der Waals surface area contributed by atoms with Gasteiger partial charge in [0.1, 0.15) is 11.9 Å². The number of piperidine rings is 1. The fraction of sp³-hybridized carbons (Fsp3) is 0.500. The highest BCUT2D eigenvalue weighted by molar-refractivity contribution is 5.89. The summed E-state index contributed by atoms with van der Waals surface area (Å²) in [7, 11) is 0. The first-order valence-electron chi connectivity index (χ1n) is 6.76. The number of carbonyl (C=O) groups is 2. The second-order valence-corrected chi connectivity index (χ2v) is 4.67. The van der Waals surface area contributed by atoms with Crippen molar-refractivity contribution in [3.05, 3.63) is 23.9 Å². The first-order valence-corrected chi connectivity index (χ1v) is 6.76. The number of aromatic nitrogens is 1. The molecule has 0 amide bonds. The fourth-order valence-electron chi connectivity index (χ4n) is 2.35. The molecule has 1 aliphatic rings. The molecule has 0 radical (unpaired) electrons. The zero-order valence-corrected chi connectivity index (χ0v) is 11.4. The van der Waals surface area contributed by atoms with Crippen molar-refractivity contribution in [3.8, 4) is 0 Å². The highest BCUT2D eigenvalue weighted by Crippen LogP contribution is 2.23. The minimum Gasteiger partial charge on any atom is -0.480 e. The molecular weight excluding hydrogens is 260 g/mol. The van der Waals surface area contributed by atoms with Gasteiger partial charge in [0.25, 0.3) is 0 Å². The Hall–Kier alpha value is -2.11. The molecular formula is C14H18N2O4. The van der Waals surface area contributed by atoms with Crippen molar-refractivity contribution in [2.75, 3.05) is 18.1 Å². The Labute approximate surface area is 117 Å². The van der Waals surface area contributed by atoms with Crippen LogP contribution in [0.4, 0.5) is 5.82 Å². The van der Waals surface area contributed by atoms with E-state index in [2.05, 4.69) is 4.98 Å². The summed E-state index contributed by atoms with van der Waals surface area (Å²) >= 11 is 0. The number of carbonyl (C=O) groups excluding carboxylic acids is 1. The first-order chi connectivity index (χ1) is 9.63. The lowest BCUT2D eigenvalue weighted by molar-refractivity contribution is -0.139. The number of carboxylic acid groups (broad SMARTS) is 1. The van der Waals surface area contributed by atoms with Crippen molar-refractivity contribution in [2.24, 2.45) is 0 Å². The summed E-state index contributed by atoms with van der Waals surface area (Å²) in [4.78, 5) is 28.8. The van der Waals surface area contributed by atoms with E-state index < -0.39 is 18.0 Å². The molecule has 1 unspecified atom stereocenters. The van der Waals surface area contributed by atoms with Crippen LogP contribution in [0.1, 0.15) is 36.5 Å². The Kier molecular flexibility index (Phi) is 4.55. The van der Waals surface area contributed by atoms with E-state index in [9.17, 15) is 14.7 Å². The summed E-state index contributed by atoms with van der Waals surface area (Å²) in [6, 6.07) is 2.76. The largest absolute Gasteiger partial charge is 0.480 e. The van der Waals surface area contributed by atoms with E-state index in [4.69, 9.17) is 4.74 Å². The maximum absolute atomic E-state index is 11.5. The van der Waals surface area contributed by atoms with E-state index in [1.54, 1.807) is 24.0 Å². The van der Waals surface area contributed by atoms with E-state index in [1.165, 1.54) is 6.20 Å². The van der Waals surface area contributed by atoms with Gasteiger partial charge in [-0.25, -0.2) is 14.6 Å². The van der Waals surface area contributed by atoms with Gasteiger partial charge in [0, 0.05) is 12.7 Å². The Balaban J connectivity index is 2.15. The standard InChI is InChI=1S/C14H18N2O4/c1-2-20-14(19)10-6-7-12(15-9-10)16-8-4-3-5-11(16)13(17)18/h6-7,9,11H,2-5,8H2,1H3,(H,17,18). The van der Waals surface area contributed by atoms with E-state index in [0.717, 1.165) is 12.8 Å². The van der Waals surface area contributed by atoms with Gasteiger partial charge < -0.3 is 14.7 Å². The number of esters is 1. The predicted octanol–water partition coefficient (Wildman–Crippen LogP) is 1.70. The van der Waals surface area contributed by atoms with Crippen molar-refractivity contribution in [3.63, 3.8) is 0 Å². The quantitative estimate of drug-likeness (QED) is 0.844. The summed E-state index contributed by atoms with van der Waals surface area (Å²) in [5.74, 6) is -0.661. The van der Waals surface area contributed by atoms with Crippen LogP contribution in [0.5, 0.6) is 0 Å². The predicted molar refractivity (Wildman–Crippen MR) is 72.8 cm³/mol. The highest BCUT2D eigenvalue weighted by atomic mass is 16.5. The van der Waals surface area contributed by atoms with Gasteiger partial charge in [-0.15, -0.1) is 0 Å². The Bertz CT molecular complexity index is 486. The van der Waals surface area contributed by atoms with E-state index in [0.29, 0.717) is 31.0 Å². The smallest absolute Gasteiger partial charge is 0.339 e. The lowest BCUT2D eigenvalue weighted by Crippen LogP contribution is -2.45. The number of rotatable bonds is 4. The van der Waals surface area contributed by atoms with Gasteiger partial charge in [0.15, 0.2) is 0 Å². The molecule has 6 nitrogen and oxygen atoms in total. The van der Waals surface area contributed by atoms with Crippen LogP contribution in [-0.4, -0.2) is 41.2 Å². The number of anilines is 1. The Morgan fingerprint density at radius 3 is 2.85 bits per heavy atom. The molecule has 1 aromatic heterocycles. The summed E-state index contributed by atoms with van der Waals surface area (Å²) < 4.78 is 4.89. The van der Waals surface area contributed by atoms with Crippen LogP contribution < -0.4 is 4.90 Å². The Morgan fingerprint density at radius 1 is 1.45 bits per heavy atom. The molecule has 0 spiro atoms. The molecule has 1 aliphatic heterocycles. The maximum atomic E-state index is 11.5. The summed E-state index contributed by atoms with van der Waals surface area (Å²) in [6.07, 6.45) is 3.91. The molecule has 1 aromatic rings. The van der Waals surface area contributed by atoms with Crippen molar-refractivity contribution in [1.82, 2.24) is 4.98 Å². The van der Waals surface area contributed by atoms with Crippen LogP contribution in [0.3, 0.4) is 0 Å². The lowest BCUT2D eigenvalue weighted by atomic mass is 10.0. The monoisotopic (exact) mass is 278 g/mol. The third-order valence-corrected chi connectivity index (χ3v) is 3.34. The van der Waals surface area contributed by atoms with Crippen LogP contribution in [0.25, 0.3) is 0 Å². The number of pyridine rings is 1. The van der Waals surface area contributed by atoms with Crippen molar-refractivity contribution >= 4 is 17.8 Å². The molecule has 1 saturated heterocycles. The van der Waals surface area contributed by atoms with Crippen LogP contribution in [0, 0.1) is 0 Å². The van der Waals surface area contributed by atoms with Crippen LogP contribution in [0.15, 0.2) is 18.3 Å². The molecule has 1 fully saturated rings. The van der Waals surface area contributed by atoms with Crippen molar-refractivity contribution in [2.45, 2.75) is 32.2 Å². The van der Waals surface area contributed by atoms with Gasteiger partial charge in [-0.2, -0.15) is 0 Å². The molecule has 0 aliphatic carbocycles. The molecule has 2 heterocycles. The minimum atomic E-state index is -0.832. The zero-order chi connectivity index (χ0) is 14.5. The highest BCUT2D eigenvalue weighted by Gasteiger charge is 2.29. The second-order valence-electron chi connectivity index (χ2n) is 4.67. The third kappa shape index (κ3) is 3.07. The van der Waals surface area contributed by atoms with E-state index >= 15 is 0 Å². The number of carboxylic acids is 1. The van der Waals surface area contributed by atoms with E-state index in [-0.39, 0.29) is 0 Å². The van der Waals surface area contributed by atoms with Crippen LogP contribution in [0.2, 0.25) is 0 Å². The maximum Gasteiger partial charge on any atom is 0.339 e. The number of ether oxygens (including phenoxy) is 1.